The summed E-state index contributed by atoms with van der Waals surface area (Å²) in [4.78, 5) is 4.01. The molecule has 3 nitrogen and oxygen atoms in total. The molecule has 15 heavy (non-hydrogen) atoms. The van der Waals surface area contributed by atoms with Crippen molar-refractivity contribution in [2.24, 2.45) is 0 Å². The number of hydrogen-bond acceptors (Lipinski definition) is 3. The van der Waals surface area contributed by atoms with Gasteiger partial charge in [0.25, 0.3) is 0 Å². The molecular weight excluding hydrogens is 190 g/mol. The first kappa shape index (κ1) is 12.1. The lowest BCUT2D eigenvalue weighted by molar-refractivity contribution is 0.0818. The molecule has 0 bridgehead atoms. The fourth-order valence-electron chi connectivity index (χ4n) is 1.42. The second-order valence-electron chi connectivity index (χ2n) is 3.65. The van der Waals surface area contributed by atoms with Crippen LogP contribution < -0.4 is 0 Å². The summed E-state index contributed by atoms with van der Waals surface area (Å²) in [6.45, 7) is 5.41. The lowest BCUT2D eigenvalue weighted by Crippen LogP contribution is -2.05. The average Bonchev–Trinajstić information content (AvgIpc) is 2.25. The summed E-state index contributed by atoms with van der Waals surface area (Å²) in [5.74, 6) is 0. The van der Waals surface area contributed by atoms with Gasteiger partial charge in [-0.1, -0.05) is 6.92 Å². The van der Waals surface area contributed by atoms with Crippen LogP contribution in [0, 0.1) is 6.92 Å². The van der Waals surface area contributed by atoms with E-state index in [4.69, 9.17) is 4.74 Å². The van der Waals surface area contributed by atoms with Gasteiger partial charge >= 0.3 is 0 Å². The molecule has 0 saturated heterocycles. The summed E-state index contributed by atoms with van der Waals surface area (Å²) in [5.41, 5.74) is 1.98. The standard InChI is InChI=1S/C12H19NO2/c1-3-7-15-8-5-12(14)11-9-13-6-4-10(11)2/h4,6,9,12,14H,3,5,7-8H2,1-2H3. The normalized spacial score (nSPS) is 12.7. The van der Waals surface area contributed by atoms with E-state index < -0.39 is 6.10 Å². The molecule has 0 aliphatic rings. The Morgan fingerprint density at radius 1 is 1.47 bits per heavy atom. The van der Waals surface area contributed by atoms with Gasteiger partial charge in [-0.05, 0) is 25.0 Å². The van der Waals surface area contributed by atoms with E-state index in [0.29, 0.717) is 13.0 Å². The van der Waals surface area contributed by atoms with Gasteiger partial charge in [0.05, 0.1) is 6.10 Å². The van der Waals surface area contributed by atoms with Gasteiger partial charge in [0, 0.05) is 37.6 Å². The third-order valence-corrected chi connectivity index (χ3v) is 2.32. The van der Waals surface area contributed by atoms with Gasteiger partial charge in [-0.25, -0.2) is 0 Å². The maximum atomic E-state index is 9.88. The number of aromatic nitrogens is 1. The molecule has 3 heteroatoms. The SMILES string of the molecule is CCCOCCC(O)c1cnccc1C. The van der Waals surface area contributed by atoms with E-state index in [9.17, 15) is 5.11 Å². The fraction of sp³-hybridized carbons (Fsp3) is 0.583. The van der Waals surface area contributed by atoms with Crippen LogP contribution in [-0.2, 0) is 4.74 Å². The van der Waals surface area contributed by atoms with E-state index in [1.54, 1.807) is 12.4 Å². The Kier molecular flexibility index (Phi) is 5.29. The quantitative estimate of drug-likeness (QED) is 0.731. The smallest absolute Gasteiger partial charge is 0.0829 e. The molecule has 1 rings (SSSR count). The summed E-state index contributed by atoms with van der Waals surface area (Å²) in [7, 11) is 0. The molecular formula is C12H19NO2. The molecule has 0 radical (unpaired) electrons. The Hall–Kier alpha value is -0.930. The van der Waals surface area contributed by atoms with Crippen LogP contribution in [0.3, 0.4) is 0 Å². The van der Waals surface area contributed by atoms with E-state index >= 15 is 0 Å². The van der Waals surface area contributed by atoms with Crippen LogP contribution in [0.4, 0.5) is 0 Å². The van der Waals surface area contributed by atoms with Crippen LogP contribution in [0.1, 0.15) is 37.0 Å². The highest BCUT2D eigenvalue weighted by atomic mass is 16.5. The Morgan fingerprint density at radius 2 is 2.27 bits per heavy atom. The van der Waals surface area contributed by atoms with Gasteiger partial charge in [0.15, 0.2) is 0 Å². The molecule has 0 saturated carbocycles. The van der Waals surface area contributed by atoms with E-state index in [2.05, 4.69) is 11.9 Å². The first-order valence-electron chi connectivity index (χ1n) is 5.42. The van der Waals surface area contributed by atoms with Crippen LogP contribution in [0.15, 0.2) is 18.5 Å². The molecule has 1 N–H and O–H groups in total. The third kappa shape index (κ3) is 3.98. The topological polar surface area (TPSA) is 42.4 Å². The molecule has 1 heterocycles. The van der Waals surface area contributed by atoms with Gasteiger partial charge < -0.3 is 9.84 Å². The number of ether oxygens (including phenoxy) is 1. The molecule has 0 spiro atoms. The van der Waals surface area contributed by atoms with Gasteiger partial charge in [-0.3, -0.25) is 4.98 Å². The largest absolute Gasteiger partial charge is 0.388 e. The third-order valence-electron chi connectivity index (χ3n) is 2.32. The Labute approximate surface area is 91.1 Å². The lowest BCUT2D eigenvalue weighted by Gasteiger charge is -2.12. The second kappa shape index (κ2) is 6.53. The Bertz CT molecular complexity index is 289. The average molecular weight is 209 g/mol. The second-order valence-corrected chi connectivity index (χ2v) is 3.65. The maximum Gasteiger partial charge on any atom is 0.0829 e. The zero-order valence-electron chi connectivity index (χ0n) is 9.44. The summed E-state index contributed by atoms with van der Waals surface area (Å²) < 4.78 is 5.33. The molecule has 0 amide bonds. The van der Waals surface area contributed by atoms with Crippen molar-refractivity contribution in [3.05, 3.63) is 29.6 Å². The molecule has 0 aliphatic heterocycles. The van der Waals surface area contributed by atoms with Crippen molar-refractivity contribution in [1.29, 1.82) is 0 Å². The van der Waals surface area contributed by atoms with E-state index in [1.165, 1.54) is 0 Å². The molecule has 0 aliphatic carbocycles. The Morgan fingerprint density at radius 3 is 2.93 bits per heavy atom. The van der Waals surface area contributed by atoms with Gasteiger partial charge in [-0.15, -0.1) is 0 Å². The zero-order chi connectivity index (χ0) is 11.1. The lowest BCUT2D eigenvalue weighted by atomic mass is 10.0. The van der Waals surface area contributed by atoms with Crippen molar-refractivity contribution in [2.75, 3.05) is 13.2 Å². The number of aliphatic hydroxyl groups excluding tert-OH is 1. The van der Waals surface area contributed by atoms with Crippen LogP contribution in [0.25, 0.3) is 0 Å². The number of aryl methyl sites for hydroxylation is 1. The molecule has 1 aromatic rings. The minimum atomic E-state index is -0.462. The molecule has 84 valence electrons. The van der Waals surface area contributed by atoms with Crippen LogP contribution in [0.5, 0.6) is 0 Å². The van der Waals surface area contributed by atoms with Crippen LogP contribution >= 0.6 is 0 Å². The highest BCUT2D eigenvalue weighted by Crippen LogP contribution is 2.18. The maximum absolute atomic E-state index is 9.88. The van der Waals surface area contributed by atoms with E-state index in [1.807, 2.05) is 13.0 Å². The minimum absolute atomic E-state index is 0.462. The molecule has 0 aromatic carbocycles. The molecule has 1 unspecified atom stereocenters. The van der Waals surface area contributed by atoms with Crippen molar-refractivity contribution in [3.8, 4) is 0 Å². The van der Waals surface area contributed by atoms with Crippen molar-refractivity contribution in [1.82, 2.24) is 4.98 Å². The zero-order valence-corrected chi connectivity index (χ0v) is 9.44. The number of nitrogens with zero attached hydrogens (tertiary/aromatic N) is 1. The molecule has 1 aromatic heterocycles. The van der Waals surface area contributed by atoms with Gasteiger partial charge in [-0.2, -0.15) is 0 Å². The number of pyridine rings is 1. The van der Waals surface area contributed by atoms with E-state index in [-0.39, 0.29) is 0 Å². The predicted octanol–water partition coefficient (Wildman–Crippen LogP) is 2.24. The summed E-state index contributed by atoms with van der Waals surface area (Å²) in [5, 5.41) is 9.88. The minimum Gasteiger partial charge on any atom is -0.388 e. The van der Waals surface area contributed by atoms with Crippen molar-refractivity contribution < 1.29 is 9.84 Å². The number of aliphatic hydroxyl groups is 1. The summed E-state index contributed by atoms with van der Waals surface area (Å²) in [6, 6.07) is 1.91. The highest BCUT2D eigenvalue weighted by molar-refractivity contribution is 5.23. The number of rotatable bonds is 6. The summed E-state index contributed by atoms with van der Waals surface area (Å²) in [6.07, 6.45) is 4.64. The van der Waals surface area contributed by atoms with E-state index in [0.717, 1.165) is 24.2 Å². The fourth-order valence-corrected chi connectivity index (χ4v) is 1.42. The molecule has 1 atom stereocenters. The van der Waals surface area contributed by atoms with Gasteiger partial charge in [0.2, 0.25) is 0 Å². The van der Waals surface area contributed by atoms with Gasteiger partial charge in [0.1, 0.15) is 0 Å². The first-order valence-corrected chi connectivity index (χ1v) is 5.42. The monoisotopic (exact) mass is 209 g/mol. The summed E-state index contributed by atoms with van der Waals surface area (Å²) >= 11 is 0. The Balaban J connectivity index is 2.40. The highest BCUT2D eigenvalue weighted by Gasteiger charge is 2.09. The van der Waals surface area contributed by atoms with Crippen molar-refractivity contribution in [2.45, 2.75) is 32.8 Å². The first-order chi connectivity index (χ1) is 7.25. The predicted molar refractivity (Wildman–Crippen MR) is 59.7 cm³/mol. The molecule has 0 fully saturated rings. The van der Waals surface area contributed by atoms with Crippen molar-refractivity contribution >= 4 is 0 Å². The van der Waals surface area contributed by atoms with Crippen LogP contribution in [0.2, 0.25) is 0 Å². The van der Waals surface area contributed by atoms with Crippen molar-refractivity contribution in [3.63, 3.8) is 0 Å². The number of hydrogen-bond donors (Lipinski definition) is 1. The van der Waals surface area contributed by atoms with Crippen LogP contribution in [-0.4, -0.2) is 23.3 Å².